The Balaban J connectivity index is 1.38. The molecule has 0 spiro atoms. The molecular formula is C18H28N6O. The summed E-state index contributed by atoms with van der Waals surface area (Å²) < 4.78 is 0. The van der Waals surface area contributed by atoms with E-state index in [0.717, 1.165) is 17.8 Å². The zero-order chi connectivity index (χ0) is 16.9. The zero-order valence-corrected chi connectivity index (χ0v) is 14.7. The highest BCUT2D eigenvalue weighted by molar-refractivity contribution is 5.45. The van der Waals surface area contributed by atoms with Gasteiger partial charge in [-0.05, 0) is 69.1 Å². The highest BCUT2D eigenvalue weighted by Gasteiger charge is 2.51. The topological polar surface area (TPSA) is 95.0 Å². The highest BCUT2D eigenvalue weighted by atomic mass is 16.3. The van der Waals surface area contributed by atoms with Gasteiger partial charge in [0.1, 0.15) is 0 Å². The van der Waals surface area contributed by atoms with Crippen molar-refractivity contribution in [2.75, 3.05) is 29.1 Å². The van der Waals surface area contributed by atoms with E-state index in [-0.39, 0.29) is 12.1 Å². The molecule has 5 aliphatic rings. The molecule has 4 bridgehead atoms. The maximum Gasteiger partial charge on any atom is 0.229 e. The largest absolute Gasteiger partial charge is 0.395 e. The zero-order valence-electron chi connectivity index (χ0n) is 14.7. The second kappa shape index (κ2) is 5.97. The molecule has 6 rings (SSSR count). The van der Waals surface area contributed by atoms with Crippen molar-refractivity contribution in [2.45, 2.75) is 62.9 Å². The minimum atomic E-state index is 0.0643. The SMILES string of the molecule is OCCNc1nc(NC2CC2)nc(NC23CC4CC(CC(C4)C2)C3)n1. The van der Waals surface area contributed by atoms with Crippen LogP contribution in [0.2, 0.25) is 0 Å². The third kappa shape index (κ3) is 3.26. The smallest absolute Gasteiger partial charge is 0.229 e. The molecule has 0 aromatic carbocycles. The van der Waals surface area contributed by atoms with Gasteiger partial charge in [-0.15, -0.1) is 0 Å². The van der Waals surface area contributed by atoms with Crippen molar-refractivity contribution >= 4 is 17.8 Å². The number of hydrogen-bond donors (Lipinski definition) is 4. The van der Waals surface area contributed by atoms with Gasteiger partial charge in [0.25, 0.3) is 0 Å². The fourth-order valence-electron chi connectivity index (χ4n) is 5.65. The van der Waals surface area contributed by atoms with Crippen LogP contribution in [0.1, 0.15) is 51.4 Å². The van der Waals surface area contributed by atoms with Crippen LogP contribution < -0.4 is 16.0 Å². The lowest BCUT2D eigenvalue weighted by atomic mass is 9.53. The number of aliphatic hydroxyl groups is 1. The van der Waals surface area contributed by atoms with Gasteiger partial charge in [-0.2, -0.15) is 15.0 Å². The molecule has 4 N–H and O–H groups in total. The summed E-state index contributed by atoms with van der Waals surface area (Å²) in [6.45, 7) is 0.512. The van der Waals surface area contributed by atoms with E-state index in [1.807, 2.05) is 0 Å². The summed E-state index contributed by atoms with van der Waals surface area (Å²) in [6.07, 6.45) is 10.4. The van der Waals surface area contributed by atoms with Crippen LogP contribution >= 0.6 is 0 Å². The molecule has 0 unspecified atom stereocenters. The van der Waals surface area contributed by atoms with Crippen molar-refractivity contribution in [2.24, 2.45) is 17.8 Å². The summed E-state index contributed by atoms with van der Waals surface area (Å²) in [5.74, 6) is 4.52. The van der Waals surface area contributed by atoms with Crippen molar-refractivity contribution < 1.29 is 5.11 Å². The third-order valence-corrected chi connectivity index (χ3v) is 6.36. The van der Waals surface area contributed by atoms with Crippen LogP contribution in [-0.2, 0) is 0 Å². The summed E-state index contributed by atoms with van der Waals surface area (Å²) in [4.78, 5) is 13.7. The molecule has 0 radical (unpaired) electrons. The van der Waals surface area contributed by atoms with Crippen LogP contribution in [0.4, 0.5) is 17.8 Å². The Morgan fingerprint density at radius 3 is 2.08 bits per heavy atom. The molecule has 0 saturated heterocycles. The molecule has 5 fully saturated rings. The lowest BCUT2D eigenvalue weighted by Crippen LogP contribution is -2.55. The fourth-order valence-corrected chi connectivity index (χ4v) is 5.65. The lowest BCUT2D eigenvalue weighted by molar-refractivity contribution is 0.0103. The fraction of sp³-hybridized carbons (Fsp3) is 0.833. The molecule has 1 aromatic heterocycles. The third-order valence-electron chi connectivity index (χ3n) is 6.36. The number of rotatable bonds is 7. The van der Waals surface area contributed by atoms with E-state index in [2.05, 4.69) is 30.9 Å². The predicted molar refractivity (Wildman–Crippen MR) is 96.6 cm³/mol. The second-order valence-corrected chi connectivity index (χ2v) is 8.70. The lowest BCUT2D eigenvalue weighted by Gasteiger charge is -2.56. The highest BCUT2D eigenvalue weighted by Crippen LogP contribution is 2.56. The quantitative estimate of drug-likeness (QED) is 0.602. The molecule has 5 aliphatic carbocycles. The van der Waals surface area contributed by atoms with Gasteiger partial charge in [-0.3, -0.25) is 0 Å². The van der Waals surface area contributed by atoms with Gasteiger partial charge in [0.05, 0.1) is 6.61 Å². The summed E-state index contributed by atoms with van der Waals surface area (Å²) in [5, 5.41) is 19.3. The first kappa shape index (κ1) is 15.6. The molecule has 0 aliphatic heterocycles. The first-order valence-electron chi connectivity index (χ1n) is 9.85. The van der Waals surface area contributed by atoms with Crippen molar-refractivity contribution in [3.63, 3.8) is 0 Å². The van der Waals surface area contributed by atoms with Crippen LogP contribution in [0.5, 0.6) is 0 Å². The van der Waals surface area contributed by atoms with E-state index in [0.29, 0.717) is 30.4 Å². The summed E-state index contributed by atoms with van der Waals surface area (Å²) >= 11 is 0. The molecule has 0 atom stereocenters. The van der Waals surface area contributed by atoms with Gasteiger partial charge >= 0.3 is 0 Å². The van der Waals surface area contributed by atoms with Crippen molar-refractivity contribution in [1.82, 2.24) is 15.0 Å². The van der Waals surface area contributed by atoms with Gasteiger partial charge in [-0.25, -0.2) is 0 Å². The van der Waals surface area contributed by atoms with E-state index in [4.69, 9.17) is 5.11 Å². The van der Waals surface area contributed by atoms with Crippen LogP contribution in [0.15, 0.2) is 0 Å². The monoisotopic (exact) mass is 344 g/mol. The molecule has 136 valence electrons. The number of nitrogens with zero attached hydrogens (tertiary/aromatic N) is 3. The minimum Gasteiger partial charge on any atom is -0.395 e. The van der Waals surface area contributed by atoms with E-state index in [9.17, 15) is 0 Å². The van der Waals surface area contributed by atoms with E-state index in [1.54, 1.807) is 0 Å². The Morgan fingerprint density at radius 2 is 1.48 bits per heavy atom. The van der Waals surface area contributed by atoms with E-state index < -0.39 is 0 Å². The summed E-state index contributed by atoms with van der Waals surface area (Å²) in [7, 11) is 0. The Labute approximate surface area is 148 Å². The molecule has 25 heavy (non-hydrogen) atoms. The van der Waals surface area contributed by atoms with Gasteiger partial charge < -0.3 is 21.1 Å². The normalized spacial score (nSPS) is 35.6. The predicted octanol–water partition coefficient (Wildman–Crippen LogP) is 2.23. The Bertz CT molecular complexity index is 611. The van der Waals surface area contributed by atoms with E-state index in [1.165, 1.54) is 51.4 Å². The van der Waals surface area contributed by atoms with E-state index >= 15 is 0 Å². The van der Waals surface area contributed by atoms with Crippen LogP contribution in [0.3, 0.4) is 0 Å². The average Bonchev–Trinajstić information content (AvgIpc) is 3.35. The number of anilines is 3. The number of nitrogens with one attached hydrogen (secondary N) is 3. The molecular weight excluding hydrogens is 316 g/mol. The van der Waals surface area contributed by atoms with Gasteiger partial charge in [-0.1, -0.05) is 0 Å². The maximum atomic E-state index is 9.07. The van der Waals surface area contributed by atoms with Crippen molar-refractivity contribution in [3.8, 4) is 0 Å². The molecule has 7 heteroatoms. The first-order valence-corrected chi connectivity index (χ1v) is 9.85. The number of hydrogen-bond acceptors (Lipinski definition) is 7. The number of aliphatic hydroxyl groups excluding tert-OH is 1. The Hall–Kier alpha value is -1.63. The Morgan fingerprint density at radius 1 is 0.880 bits per heavy atom. The summed E-state index contributed by atoms with van der Waals surface area (Å²) in [5.41, 5.74) is 0.182. The van der Waals surface area contributed by atoms with Crippen LogP contribution in [0.25, 0.3) is 0 Å². The van der Waals surface area contributed by atoms with Gasteiger partial charge in [0, 0.05) is 18.1 Å². The van der Waals surface area contributed by atoms with Crippen LogP contribution in [0, 0.1) is 17.8 Å². The molecule has 7 nitrogen and oxygen atoms in total. The molecule has 5 saturated carbocycles. The molecule has 1 heterocycles. The minimum absolute atomic E-state index is 0.0643. The van der Waals surface area contributed by atoms with Gasteiger partial charge in [0.2, 0.25) is 17.8 Å². The maximum absolute atomic E-state index is 9.07. The second-order valence-electron chi connectivity index (χ2n) is 8.70. The average molecular weight is 344 g/mol. The number of aromatic nitrogens is 3. The Kier molecular flexibility index (Phi) is 3.73. The van der Waals surface area contributed by atoms with Crippen molar-refractivity contribution in [1.29, 1.82) is 0 Å². The van der Waals surface area contributed by atoms with Gasteiger partial charge in [0.15, 0.2) is 0 Å². The molecule has 1 aromatic rings. The summed E-state index contributed by atoms with van der Waals surface area (Å²) in [6, 6.07) is 0.500. The van der Waals surface area contributed by atoms with Crippen LogP contribution in [-0.4, -0.2) is 44.8 Å². The first-order chi connectivity index (χ1) is 12.2. The van der Waals surface area contributed by atoms with Crippen molar-refractivity contribution in [3.05, 3.63) is 0 Å². The molecule has 0 amide bonds. The standard InChI is InChI=1S/C18H28N6O/c25-4-3-19-15-21-16(20-14-1-2-14)23-17(22-15)24-18-8-11-5-12(9-18)7-13(6-11)10-18/h11-14,25H,1-10H2,(H3,19,20,21,22,23,24).